The lowest BCUT2D eigenvalue weighted by atomic mass is 10.1. The molecule has 2 aliphatic carbocycles. The fourth-order valence-corrected chi connectivity index (χ4v) is 2.80. The van der Waals surface area contributed by atoms with E-state index in [-0.39, 0.29) is 0 Å². The van der Waals surface area contributed by atoms with Gasteiger partial charge in [0.15, 0.2) is 0 Å². The minimum Gasteiger partial charge on any atom is -0.496 e. The van der Waals surface area contributed by atoms with Crippen molar-refractivity contribution in [1.29, 1.82) is 0 Å². The fourth-order valence-electron chi connectivity index (χ4n) is 2.80. The van der Waals surface area contributed by atoms with Crippen molar-refractivity contribution in [3.05, 3.63) is 42.2 Å². The largest absolute Gasteiger partial charge is 0.496 e. The Morgan fingerprint density at radius 3 is 2.73 bits per heavy atom. The molecule has 2 fully saturated rings. The van der Waals surface area contributed by atoms with Crippen molar-refractivity contribution in [3.63, 3.8) is 0 Å². The number of hydrazine groups is 1. The van der Waals surface area contributed by atoms with Gasteiger partial charge in [0, 0.05) is 29.8 Å². The van der Waals surface area contributed by atoms with Gasteiger partial charge >= 0.3 is 0 Å². The third-order valence-electron chi connectivity index (χ3n) is 4.34. The van der Waals surface area contributed by atoms with Gasteiger partial charge in [-0.2, -0.15) is 0 Å². The Balaban J connectivity index is 1.58. The van der Waals surface area contributed by atoms with Gasteiger partial charge in [0.1, 0.15) is 11.5 Å². The van der Waals surface area contributed by atoms with Crippen LogP contribution in [-0.4, -0.2) is 24.2 Å². The molecule has 2 aliphatic rings. The van der Waals surface area contributed by atoms with Gasteiger partial charge in [-0.3, -0.25) is 5.43 Å². The molecule has 0 bridgehead atoms. The summed E-state index contributed by atoms with van der Waals surface area (Å²) < 4.78 is 11.1. The van der Waals surface area contributed by atoms with Crippen LogP contribution in [0, 0.1) is 0 Å². The van der Waals surface area contributed by atoms with Gasteiger partial charge in [-0.25, -0.2) is 5.01 Å². The third kappa shape index (κ3) is 3.03. The molecule has 0 radical (unpaired) electrons. The van der Waals surface area contributed by atoms with E-state index in [1.165, 1.54) is 31.2 Å². The molecule has 22 heavy (non-hydrogen) atoms. The van der Waals surface area contributed by atoms with Gasteiger partial charge in [-0.1, -0.05) is 0 Å². The van der Waals surface area contributed by atoms with Crippen molar-refractivity contribution in [2.45, 2.75) is 44.3 Å². The number of furan rings is 1. The first-order chi connectivity index (χ1) is 10.8. The maximum atomic E-state index is 5.55. The quantitative estimate of drug-likeness (QED) is 0.793. The maximum absolute atomic E-state index is 5.55. The van der Waals surface area contributed by atoms with Crippen molar-refractivity contribution >= 4 is 0 Å². The second-order valence-electron chi connectivity index (χ2n) is 6.27. The predicted octanol–water partition coefficient (Wildman–Crippen LogP) is 3.59. The van der Waals surface area contributed by atoms with Gasteiger partial charge < -0.3 is 9.15 Å². The van der Waals surface area contributed by atoms with Crippen LogP contribution < -0.4 is 10.2 Å². The highest BCUT2D eigenvalue weighted by molar-refractivity contribution is 5.60. The second-order valence-corrected chi connectivity index (χ2v) is 6.27. The first kappa shape index (κ1) is 13.9. The molecule has 116 valence electrons. The standard InChI is InChI=1S/C18H22N2O2/c1-21-17-9-4-13(18-3-2-10-22-18)11-14(17)12-20(16-7-8-16)19-15-5-6-15/h2-4,9-11,15-16,19H,5-8,12H2,1H3. The van der Waals surface area contributed by atoms with Gasteiger partial charge in [0.25, 0.3) is 0 Å². The number of methoxy groups -OCH3 is 1. The molecule has 0 amide bonds. The molecule has 2 saturated carbocycles. The number of ether oxygens (including phenoxy) is 1. The number of hydrogen-bond acceptors (Lipinski definition) is 4. The Bertz CT molecular complexity index is 631. The molecule has 0 aliphatic heterocycles. The van der Waals surface area contributed by atoms with Crippen molar-refractivity contribution in [2.24, 2.45) is 0 Å². The number of rotatable bonds is 7. The van der Waals surface area contributed by atoms with Crippen molar-refractivity contribution < 1.29 is 9.15 Å². The maximum Gasteiger partial charge on any atom is 0.133 e. The summed E-state index contributed by atoms with van der Waals surface area (Å²) in [5.74, 6) is 1.84. The van der Waals surface area contributed by atoms with Gasteiger partial charge in [-0.15, -0.1) is 0 Å². The zero-order valence-corrected chi connectivity index (χ0v) is 12.9. The van der Waals surface area contributed by atoms with Crippen LogP contribution in [0.1, 0.15) is 31.2 Å². The summed E-state index contributed by atoms with van der Waals surface area (Å²) in [4.78, 5) is 0. The SMILES string of the molecule is COc1ccc(-c2ccco2)cc1CN(NC1CC1)C1CC1. The first-order valence-corrected chi connectivity index (χ1v) is 8.07. The van der Waals surface area contributed by atoms with Crippen LogP contribution in [0.15, 0.2) is 41.0 Å². The summed E-state index contributed by atoms with van der Waals surface area (Å²) in [5.41, 5.74) is 5.97. The summed E-state index contributed by atoms with van der Waals surface area (Å²) >= 11 is 0. The number of benzene rings is 1. The highest BCUT2D eigenvalue weighted by Crippen LogP contribution is 2.33. The molecule has 0 unspecified atom stereocenters. The highest BCUT2D eigenvalue weighted by Gasteiger charge is 2.33. The topological polar surface area (TPSA) is 37.6 Å². The summed E-state index contributed by atoms with van der Waals surface area (Å²) in [5, 5.41) is 2.40. The number of nitrogens with zero attached hydrogens (tertiary/aromatic N) is 1. The summed E-state index contributed by atoms with van der Waals surface area (Å²) in [6, 6.07) is 11.5. The predicted molar refractivity (Wildman–Crippen MR) is 85.4 cm³/mol. The van der Waals surface area contributed by atoms with E-state index in [1.54, 1.807) is 13.4 Å². The smallest absolute Gasteiger partial charge is 0.133 e. The molecule has 1 heterocycles. The van der Waals surface area contributed by atoms with E-state index in [4.69, 9.17) is 9.15 Å². The summed E-state index contributed by atoms with van der Waals surface area (Å²) in [6.07, 6.45) is 6.89. The Morgan fingerprint density at radius 1 is 1.23 bits per heavy atom. The van der Waals surface area contributed by atoms with Gasteiger partial charge in [-0.05, 0) is 56.0 Å². The molecule has 0 spiro atoms. The molecule has 2 aromatic rings. The van der Waals surface area contributed by atoms with Crippen LogP contribution in [0.3, 0.4) is 0 Å². The molecular formula is C18H22N2O2. The van der Waals surface area contributed by atoms with Crippen LogP contribution in [0.4, 0.5) is 0 Å². The molecule has 0 atom stereocenters. The molecule has 1 N–H and O–H groups in total. The van der Waals surface area contributed by atoms with E-state index in [0.29, 0.717) is 12.1 Å². The average Bonchev–Trinajstić information content (AvgIpc) is 3.46. The Hall–Kier alpha value is -1.78. The van der Waals surface area contributed by atoms with Crippen LogP contribution in [0.5, 0.6) is 5.75 Å². The molecule has 4 nitrogen and oxygen atoms in total. The fraction of sp³-hybridized carbons (Fsp3) is 0.444. The third-order valence-corrected chi connectivity index (χ3v) is 4.34. The Morgan fingerprint density at radius 2 is 2.09 bits per heavy atom. The van der Waals surface area contributed by atoms with Crippen molar-refractivity contribution in [1.82, 2.24) is 10.4 Å². The summed E-state index contributed by atoms with van der Waals surface area (Å²) in [6.45, 7) is 0.874. The lowest BCUT2D eigenvalue weighted by molar-refractivity contribution is 0.161. The average molecular weight is 298 g/mol. The van der Waals surface area contributed by atoms with Crippen LogP contribution >= 0.6 is 0 Å². The van der Waals surface area contributed by atoms with Gasteiger partial charge in [0.05, 0.1) is 13.4 Å². The highest BCUT2D eigenvalue weighted by atomic mass is 16.5. The zero-order valence-electron chi connectivity index (χ0n) is 12.9. The normalized spacial score (nSPS) is 17.9. The molecule has 1 aromatic carbocycles. The van der Waals surface area contributed by atoms with E-state index in [9.17, 15) is 0 Å². The van der Waals surface area contributed by atoms with E-state index < -0.39 is 0 Å². The van der Waals surface area contributed by atoms with Crippen molar-refractivity contribution in [2.75, 3.05) is 7.11 Å². The molecule has 1 aromatic heterocycles. The molecule has 4 rings (SSSR count). The summed E-state index contributed by atoms with van der Waals surface area (Å²) in [7, 11) is 1.74. The monoisotopic (exact) mass is 298 g/mol. The van der Waals surface area contributed by atoms with Gasteiger partial charge in [0.2, 0.25) is 0 Å². The molecule has 0 saturated heterocycles. The minimum atomic E-state index is 0.678. The van der Waals surface area contributed by atoms with Crippen LogP contribution in [0.25, 0.3) is 11.3 Å². The van der Waals surface area contributed by atoms with E-state index in [2.05, 4.69) is 22.6 Å². The Kier molecular flexibility index (Phi) is 3.64. The number of nitrogens with one attached hydrogen (secondary N) is 1. The van der Waals surface area contributed by atoms with E-state index >= 15 is 0 Å². The zero-order chi connectivity index (χ0) is 14.9. The lowest BCUT2D eigenvalue weighted by Gasteiger charge is -2.24. The van der Waals surface area contributed by atoms with E-state index in [1.807, 2.05) is 18.2 Å². The minimum absolute atomic E-state index is 0.678. The first-order valence-electron chi connectivity index (χ1n) is 8.07. The molecule has 4 heteroatoms. The van der Waals surface area contributed by atoms with Crippen molar-refractivity contribution in [3.8, 4) is 17.1 Å². The van der Waals surface area contributed by atoms with E-state index in [0.717, 1.165) is 23.6 Å². The second kappa shape index (κ2) is 5.78. The van der Waals surface area contributed by atoms with Crippen LogP contribution in [-0.2, 0) is 6.54 Å². The van der Waals surface area contributed by atoms with Crippen LogP contribution in [0.2, 0.25) is 0 Å². The lowest BCUT2D eigenvalue weighted by Crippen LogP contribution is -2.40. The number of hydrogen-bond donors (Lipinski definition) is 1. The molecular weight excluding hydrogens is 276 g/mol. The Labute approximate surface area is 131 Å².